The normalized spacial score (nSPS) is 22.0. The summed E-state index contributed by atoms with van der Waals surface area (Å²) in [6.45, 7) is 9.41. The highest BCUT2D eigenvalue weighted by molar-refractivity contribution is 6.03. The quantitative estimate of drug-likeness (QED) is 0.0238. The average molecular weight is 941 g/mol. The number of amides is 1. The predicted octanol–water partition coefficient (Wildman–Crippen LogP) is 13.0. The molecule has 0 saturated heterocycles. The van der Waals surface area contributed by atoms with E-state index in [-0.39, 0.29) is 43.5 Å². The Hall–Kier alpha value is -5.29. The highest BCUT2D eigenvalue weighted by Gasteiger charge is 2.65. The summed E-state index contributed by atoms with van der Waals surface area (Å²) in [6.07, 6.45) is 20.7. The molecule has 0 bridgehead atoms. The summed E-state index contributed by atoms with van der Waals surface area (Å²) >= 11 is 0. The van der Waals surface area contributed by atoms with Crippen LogP contribution in [-0.4, -0.2) is 71.3 Å². The highest BCUT2D eigenvalue weighted by Crippen LogP contribution is 2.62. The van der Waals surface area contributed by atoms with Gasteiger partial charge in [-0.15, -0.1) is 6.58 Å². The molecule has 1 heterocycles. The van der Waals surface area contributed by atoms with E-state index in [9.17, 15) is 15.0 Å². The molecule has 3 aliphatic rings. The number of allylic oxidation sites excluding steroid dienone is 1. The molecule has 69 heavy (non-hydrogen) atoms. The predicted molar refractivity (Wildman–Crippen MR) is 275 cm³/mol. The Balaban J connectivity index is 1.38. The number of aldehydes is 1. The van der Waals surface area contributed by atoms with E-state index in [2.05, 4.69) is 62.0 Å². The number of unbranched alkanes of at least 4 members (excludes halogenated alkanes) is 10. The van der Waals surface area contributed by atoms with Crippen molar-refractivity contribution in [2.24, 2.45) is 22.9 Å². The van der Waals surface area contributed by atoms with Gasteiger partial charge in [-0.2, -0.15) is 0 Å². The molecule has 0 spiro atoms. The molecule has 2 aliphatic carbocycles. The van der Waals surface area contributed by atoms with Crippen molar-refractivity contribution in [1.82, 2.24) is 4.90 Å². The van der Waals surface area contributed by atoms with E-state index in [0.29, 0.717) is 61.6 Å². The van der Waals surface area contributed by atoms with Crippen molar-refractivity contribution in [3.63, 3.8) is 0 Å². The minimum Gasteiger partial charge on any atom is -0.459 e. The van der Waals surface area contributed by atoms with Crippen LogP contribution in [0.15, 0.2) is 114 Å². The molecule has 1 saturated carbocycles. The molecular weight excluding hydrogens is 865 g/mol. The maximum Gasteiger partial charge on any atom is 0.239 e. The van der Waals surface area contributed by atoms with Gasteiger partial charge in [0.25, 0.3) is 0 Å². The van der Waals surface area contributed by atoms with Crippen molar-refractivity contribution in [3.8, 4) is 17.2 Å². The molecule has 10 heteroatoms. The summed E-state index contributed by atoms with van der Waals surface area (Å²) in [7, 11) is 0. The molecule has 1 aliphatic heterocycles. The fourth-order valence-electron chi connectivity index (χ4n) is 11.4. The van der Waals surface area contributed by atoms with E-state index in [4.69, 9.17) is 24.2 Å². The van der Waals surface area contributed by atoms with Crippen LogP contribution in [0.2, 0.25) is 0 Å². The maximum absolute atomic E-state index is 15.4. The monoisotopic (exact) mass is 941 g/mol. The first-order chi connectivity index (χ1) is 33.9. The number of aliphatic hydroxyl groups is 2. The standard InChI is InChI=1S/C59H76N2O8/c1-4-7-8-9-10-11-12-13-14-31-56(65)61(41-46-27-22-26-44-24-15-16-29-49(44)46)55-40-53(60-67-6-3)51-38-45(25-17-19-34-62)50(30-18-20-35-63)57-52-39-48(68-47-28-21-23-43(37-47)42-64)32-33-54(52)69-59(55,58(51)57)66-36-5-2/h5,15-16,21-24,26-29,32-33,37-39,42,45,50,55,57-58,62-63H,2,4,6-14,17-20,25,30-31,34-36,40-41H2,1,3H3. The molecule has 2 N–H and O–H groups in total. The molecule has 1 fully saturated rings. The third-order valence-corrected chi connectivity index (χ3v) is 14.6. The molecule has 7 rings (SSSR count). The van der Waals surface area contributed by atoms with Gasteiger partial charge in [-0.3, -0.25) is 9.59 Å². The van der Waals surface area contributed by atoms with E-state index in [1.54, 1.807) is 24.3 Å². The van der Waals surface area contributed by atoms with Gasteiger partial charge in [-0.05, 0) is 103 Å². The minimum atomic E-state index is -1.38. The molecule has 4 aromatic rings. The highest BCUT2D eigenvalue weighted by atomic mass is 16.7. The van der Waals surface area contributed by atoms with E-state index in [1.165, 1.54) is 38.5 Å². The second kappa shape index (κ2) is 26.1. The number of hydrogen-bond acceptors (Lipinski definition) is 9. The second-order valence-corrected chi connectivity index (χ2v) is 19.2. The Morgan fingerprint density at radius 3 is 2.32 bits per heavy atom. The van der Waals surface area contributed by atoms with Crippen molar-refractivity contribution in [2.45, 2.75) is 147 Å². The Bertz CT molecular complexity index is 2350. The topological polar surface area (TPSA) is 127 Å². The third-order valence-electron chi connectivity index (χ3n) is 14.6. The molecule has 6 unspecified atom stereocenters. The van der Waals surface area contributed by atoms with Gasteiger partial charge in [0, 0.05) is 49.6 Å². The summed E-state index contributed by atoms with van der Waals surface area (Å²) in [5.41, 5.74) is 4.30. The fourth-order valence-corrected chi connectivity index (χ4v) is 11.4. The summed E-state index contributed by atoms with van der Waals surface area (Å²) < 4.78 is 21.4. The summed E-state index contributed by atoms with van der Waals surface area (Å²) in [6, 6.07) is 27.1. The van der Waals surface area contributed by atoms with Gasteiger partial charge < -0.3 is 34.2 Å². The first-order valence-electron chi connectivity index (χ1n) is 26.1. The number of hydrogen-bond donors (Lipinski definition) is 2. The van der Waals surface area contributed by atoms with Gasteiger partial charge in [0.2, 0.25) is 11.7 Å². The Morgan fingerprint density at radius 1 is 0.841 bits per heavy atom. The van der Waals surface area contributed by atoms with Gasteiger partial charge in [-0.25, -0.2) is 0 Å². The van der Waals surface area contributed by atoms with Crippen LogP contribution in [0.5, 0.6) is 17.2 Å². The number of oxime groups is 1. The molecule has 0 aromatic heterocycles. The molecule has 370 valence electrons. The number of carbonyl (C=O) groups excluding carboxylic acids is 2. The number of carbonyl (C=O) groups is 2. The van der Waals surface area contributed by atoms with Crippen molar-refractivity contribution in [1.29, 1.82) is 0 Å². The number of aliphatic hydroxyl groups excluding tert-OH is 2. The Kier molecular flexibility index (Phi) is 19.5. The number of fused-ring (bicyclic) bond motifs is 3. The van der Waals surface area contributed by atoms with E-state index in [0.717, 1.165) is 84.4 Å². The van der Waals surface area contributed by atoms with Gasteiger partial charge in [0.15, 0.2) is 0 Å². The van der Waals surface area contributed by atoms with Gasteiger partial charge in [0.1, 0.15) is 36.2 Å². The van der Waals surface area contributed by atoms with E-state index >= 15 is 4.79 Å². The molecule has 10 nitrogen and oxygen atoms in total. The van der Waals surface area contributed by atoms with Crippen LogP contribution in [-0.2, 0) is 20.9 Å². The lowest BCUT2D eigenvalue weighted by Gasteiger charge is -2.60. The number of benzene rings is 4. The number of nitrogens with zero attached hydrogens (tertiary/aromatic N) is 2. The van der Waals surface area contributed by atoms with Crippen molar-refractivity contribution in [2.75, 3.05) is 26.4 Å². The lowest BCUT2D eigenvalue weighted by molar-refractivity contribution is -0.258. The molecule has 0 radical (unpaired) electrons. The SMILES string of the molecule is C=CCOC12Oc3ccc(Oc4cccc(C=O)c4)cc3C3C(CCCCO)C(CCCCO)C=C(C(=NOCC)CC1N(Cc1cccc4ccccc14)C(=O)CCCCCCCCCCC)C32. The van der Waals surface area contributed by atoms with Gasteiger partial charge >= 0.3 is 0 Å². The molecule has 6 atom stereocenters. The largest absolute Gasteiger partial charge is 0.459 e. The Morgan fingerprint density at radius 2 is 1.57 bits per heavy atom. The Labute approximate surface area is 410 Å². The van der Waals surface area contributed by atoms with Crippen LogP contribution in [0.4, 0.5) is 0 Å². The second-order valence-electron chi connectivity index (χ2n) is 19.2. The van der Waals surface area contributed by atoms with Crippen LogP contribution in [0.3, 0.4) is 0 Å². The van der Waals surface area contributed by atoms with Crippen LogP contribution in [0.25, 0.3) is 10.8 Å². The maximum atomic E-state index is 15.4. The van der Waals surface area contributed by atoms with Crippen molar-refractivity contribution in [3.05, 3.63) is 126 Å². The van der Waals surface area contributed by atoms with Crippen LogP contribution < -0.4 is 9.47 Å². The molecular formula is C59H76N2O8. The zero-order valence-corrected chi connectivity index (χ0v) is 41.2. The fraction of sp³-hybridized carbons (Fsp3) is 0.508. The van der Waals surface area contributed by atoms with Crippen LogP contribution in [0, 0.1) is 17.8 Å². The zero-order valence-electron chi connectivity index (χ0n) is 41.2. The molecule has 4 aromatic carbocycles. The van der Waals surface area contributed by atoms with E-state index < -0.39 is 17.7 Å². The van der Waals surface area contributed by atoms with Gasteiger partial charge in [-0.1, -0.05) is 143 Å². The average Bonchev–Trinajstić information content (AvgIpc) is 3.37. The molecule has 1 amide bonds. The zero-order chi connectivity index (χ0) is 48.4. The summed E-state index contributed by atoms with van der Waals surface area (Å²) in [4.78, 5) is 35.2. The summed E-state index contributed by atoms with van der Waals surface area (Å²) in [5, 5.41) is 27.2. The van der Waals surface area contributed by atoms with Crippen molar-refractivity contribution < 1.29 is 38.9 Å². The lowest BCUT2D eigenvalue weighted by Crippen LogP contribution is -2.70. The van der Waals surface area contributed by atoms with E-state index in [1.807, 2.05) is 36.1 Å². The smallest absolute Gasteiger partial charge is 0.239 e. The third kappa shape index (κ3) is 12.5. The minimum absolute atomic E-state index is 0.0464. The number of rotatable bonds is 29. The van der Waals surface area contributed by atoms with Crippen LogP contribution in [0.1, 0.15) is 150 Å². The van der Waals surface area contributed by atoms with Gasteiger partial charge in [0.05, 0.1) is 18.2 Å². The lowest BCUT2D eigenvalue weighted by atomic mass is 9.55. The first kappa shape index (κ1) is 51.6. The van der Waals surface area contributed by atoms with Crippen molar-refractivity contribution >= 4 is 28.7 Å². The summed E-state index contributed by atoms with van der Waals surface area (Å²) in [5.74, 6) is -0.0323. The number of ether oxygens (including phenoxy) is 3. The first-order valence-corrected chi connectivity index (χ1v) is 26.1. The van der Waals surface area contributed by atoms with Crippen LogP contribution >= 0.6 is 0 Å².